The first-order valence-electron chi connectivity index (χ1n) is 9.75. The predicted molar refractivity (Wildman–Crippen MR) is 112 cm³/mol. The molecule has 2 heterocycles. The maximum Gasteiger partial charge on any atom is 0.279 e. The first-order chi connectivity index (χ1) is 13.7. The zero-order chi connectivity index (χ0) is 19.3. The van der Waals surface area contributed by atoms with E-state index in [1.807, 2.05) is 35.2 Å². The van der Waals surface area contributed by atoms with E-state index >= 15 is 0 Å². The number of aryl methyl sites for hydroxylation is 1. The lowest BCUT2D eigenvalue weighted by molar-refractivity contribution is 0.0975. The van der Waals surface area contributed by atoms with Gasteiger partial charge in [0.05, 0.1) is 0 Å². The molecule has 1 aliphatic rings. The van der Waals surface area contributed by atoms with Gasteiger partial charge in [-0.15, -0.1) is 10.2 Å². The fraction of sp³-hybridized carbons (Fsp3) is 0.261. The van der Waals surface area contributed by atoms with Gasteiger partial charge in [0, 0.05) is 18.3 Å². The number of benzene rings is 2. The number of hydrogen-bond acceptors (Lipinski definition) is 4. The Morgan fingerprint density at radius 3 is 2.61 bits per heavy atom. The standard InChI is InChI=1S/C23H24N4O/c1-17-16-19-11-5-6-12-21(19)27(17)23(28)20-13-14-22(26-25-20)24-15-7-10-18-8-3-2-4-9-18/h2-6,8-9,11-14,17H,7,10,15-16H2,1H3,(H,24,26). The van der Waals surface area contributed by atoms with Crippen LogP contribution in [0.3, 0.4) is 0 Å². The molecule has 1 atom stereocenters. The van der Waals surface area contributed by atoms with Crippen molar-refractivity contribution in [1.82, 2.24) is 10.2 Å². The van der Waals surface area contributed by atoms with Crippen molar-refractivity contribution >= 4 is 17.4 Å². The largest absolute Gasteiger partial charge is 0.369 e. The molecule has 1 unspecified atom stereocenters. The van der Waals surface area contributed by atoms with E-state index in [2.05, 4.69) is 52.8 Å². The summed E-state index contributed by atoms with van der Waals surface area (Å²) < 4.78 is 0. The Labute approximate surface area is 165 Å². The molecule has 1 amide bonds. The van der Waals surface area contributed by atoms with Crippen LogP contribution in [0.1, 0.15) is 35.0 Å². The fourth-order valence-corrected chi connectivity index (χ4v) is 3.69. The molecule has 0 aliphatic carbocycles. The van der Waals surface area contributed by atoms with Gasteiger partial charge in [-0.1, -0.05) is 48.5 Å². The Morgan fingerprint density at radius 1 is 1.04 bits per heavy atom. The Bertz CT molecular complexity index is 940. The minimum Gasteiger partial charge on any atom is -0.369 e. The molecule has 142 valence electrons. The summed E-state index contributed by atoms with van der Waals surface area (Å²) in [5.41, 5.74) is 3.88. The third kappa shape index (κ3) is 3.88. The van der Waals surface area contributed by atoms with Gasteiger partial charge < -0.3 is 10.2 Å². The van der Waals surface area contributed by atoms with Crippen molar-refractivity contribution in [2.45, 2.75) is 32.2 Å². The van der Waals surface area contributed by atoms with Crippen molar-refractivity contribution in [3.8, 4) is 0 Å². The lowest BCUT2D eigenvalue weighted by Crippen LogP contribution is -2.36. The number of carbonyl (C=O) groups is 1. The smallest absolute Gasteiger partial charge is 0.279 e. The molecule has 0 saturated heterocycles. The lowest BCUT2D eigenvalue weighted by atomic mass is 10.1. The Morgan fingerprint density at radius 2 is 1.82 bits per heavy atom. The quantitative estimate of drug-likeness (QED) is 0.662. The highest BCUT2D eigenvalue weighted by Gasteiger charge is 2.31. The molecule has 5 heteroatoms. The van der Waals surface area contributed by atoms with Crippen molar-refractivity contribution in [3.63, 3.8) is 0 Å². The molecule has 2 aromatic carbocycles. The second-order valence-corrected chi connectivity index (χ2v) is 7.18. The molecule has 0 radical (unpaired) electrons. The van der Waals surface area contributed by atoms with E-state index in [1.54, 1.807) is 6.07 Å². The maximum absolute atomic E-state index is 13.0. The van der Waals surface area contributed by atoms with Crippen molar-refractivity contribution in [1.29, 1.82) is 0 Å². The van der Waals surface area contributed by atoms with Gasteiger partial charge in [-0.3, -0.25) is 4.79 Å². The van der Waals surface area contributed by atoms with E-state index in [0.29, 0.717) is 11.5 Å². The van der Waals surface area contributed by atoms with Gasteiger partial charge >= 0.3 is 0 Å². The molecule has 4 rings (SSSR count). The molecular formula is C23H24N4O. The van der Waals surface area contributed by atoms with E-state index in [-0.39, 0.29) is 11.9 Å². The van der Waals surface area contributed by atoms with Crippen molar-refractivity contribution in [2.24, 2.45) is 0 Å². The average molecular weight is 372 g/mol. The zero-order valence-corrected chi connectivity index (χ0v) is 16.0. The van der Waals surface area contributed by atoms with E-state index in [0.717, 1.165) is 31.5 Å². The molecule has 0 bridgehead atoms. The summed E-state index contributed by atoms with van der Waals surface area (Å²) in [4.78, 5) is 14.8. The van der Waals surface area contributed by atoms with Crippen LogP contribution in [0, 0.1) is 0 Å². The Balaban J connectivity index is 1.35. The molecule has 5 nitrogen and oxygen atoms in total. The van der Waals surface area contributed by atoms with Gasteiger partial charge in [0.25, 0.3) is 5.91 Å². The summed E-state index contributed by atoms with van der Waals surface area (Å²) >= 11 is 0. The molecule has 0 spiro atoms. The topological polar surface area (TPSA) is 58.1 Å². The van der Waals surface area contributed by atoms with Gasteiger partial charge in [0.1, 0.15) is 5.82 Å². The van der Waals surface area contributed by atoms with E-state index in [1.165, 1.54) is 11.1 Å². The summed E-state index contributed by atoms with van der Waals surface area (Å²) in [6, 6.07) is 22.2. The van der Waals surface area contributed by atoms with Crippen molar-refractivity contribution in [3.05, 3.63) is 83.6 Å². The first-order valence-corrected chi connectivity index (χ1v) is 9.75. The first kappa shape index (κ1) is 18.2. The van der Waals surface area contributed by atoms with Crippen LogP contribution in [-0.4, -0.2) is 28.7 Å². The van der Waals surface area contributed by atoms with Gasteiger partial charge in [-0.25, -0.2) is 0 Å². The van der Waals surface area contributed by atoms with Crippen LogP contribution < -0.4 is 10.2 Å². The van der Waals surface area contributed by atoms with Crippen LogP contribution >= 0.6 is 0 Å². The predicted octanol–water partition coefficient (Wildman–Crippen LogP) is 4.11. The summed E-state index contributed by atoms with van der Waals surface area (Å²) in [5, 5.41) is 11.6. The monoisotopic (exact) mass is 372 g/mol. The molecule has 0 saturated carbocycles. The summed E-state index contributed by atoms with van der Waals surface area (Å²) in [7, 11) is 0. The number of aromatic nitrogens is 2. The number of anilines is 2. The summed E-state index contributed by atoms with van der Waals surface area (Å²) in [6.07, 6.45) is 2.90. The number of nitrogens with one attached hydrogen (secondary N) is 1. The van der Waals surface area contributed by atoms with Crippen LogP contribution in [0.15, 0.2) is 66.7 Å². The number of amides is 1. The highest BCUT2D eigenvalue weighted by molar-refractivity contribution is 6.06. The highest BCUT2D eigenvalue weighted by atomic mass is 16.2. The Hall–Kier alpha value is -3.21. The third-order valence-corrected chi connectivity index (χ3v) is 5.10. The number of rotatable bonds is 6. The minimum atomic E-state index is -0.0967. The van der Waals surface area contributed by atoms with Gasteiger partial charge in [0.2, 0.25) is 0 Å². The van der Waals surface area contributed by atoms with E-state index in [9.17, 15) is 4.79 Å². The van der Waals surface area contributed by atoms with Crippen LogP contribution in [0.4, 0.5) is 11.5 Å². The molecule has 3 aromatic rings. The van der Waals surface area contributed by atoms with Crippen molar-refractivity contribution < 1.29 is 4.79 Å². The Kier molecular flexibility index (Phi) is 5.33. The van der Waals surface area contributed by atoms with E-state index < -0.39 is 0 Å². The van der Waals surface area contributed by atoms with Crippen LogP contribution in [-0.2, 0) is 12.8 Å². The molecular weight excluding hydrogens is 348 g/mol. The fourth-order valence-electron chi connectivity index (χ4n) is 3.69. The third-order valence-electron chi connectivity index (χ3n) is 5.10. The number of carbonyl (C=O) groups excluding carboxylic acids is 1. The van der Waals surface area contributed by atoms with Gasteiger partial charge in [0.15, 0.2) is 5.69 Å². The van der Waals surface area contributed by atoms with Crippen LogP contribution in [0.25, 0.3) is 0 Å². The zero-order valence-electron chi connectivity index (χ0n) is 16.0. The second kappa shape index (κ2) is 8.21. The molecule has 1 aliphatic heterocycles. The average Bonchev–Trinajstić information content (AvgIpc) is 3.07. The molecule has 28 heavy (non-hydrogen) atoms. The van der Waals surface area contributed by atoms with Crippen LogP contribution in [0.5, 0.6) is 0 Å². The van der Waals surface area contributed by atoms with E-state index in [4.69, 9.17) is 0 Å². The normalized spacial score (nSPS) is 15.3. The number of para-hydroxylation sites is 1. The maximum atomic E-state index is 13.0. The number of fused-ring (bicyclic) bond motifs is 1. The lowest BCUT2D eigenvalue weighted by Gasteiger charge is -2.22. The number of nitrogens with zero attached hydrogens (tertiary/aromatic N) is 3. The highest BCUT2D eigenvalue weighted by Crippen LogP contribution is 2.32. The van der Waals surface area contributed by atoms with Crippen LogP contribution in [0.2, 0.25) is 0 Å². The van der Waals surface area contributed by atoms with Crippen molar-refractivity contribution in [2.75, 3.05) is 16.8 Å². The molecule has 1 N–H and O–H groups in total. The minimum absolute atomic E-state index is 0.0967. The SMILES string of the molecule is CC1Cc2ccccc2N1C(=O)c1ccc(NCCCc2ccccc2)nn1. The number of hydrogen-bond donors (Lipinski definition) is 1. The van der Waals surface area contributed by atoms with Gasteiger partial charge in [-0.2, -0.15) is 0 Å². The van der Waals surface area contributed by atoms with Gasteiger partial charge in [-0.05, 0) is 55.5 Å². The molecule has 1 aromatic heterocycles. The summed E-state index contributed by atoms with van der Waals surface area (Å²) in [6.45, 7) is 2.88. The summed E-state index contributed by atoms with van der Waals surface area (Å²) in [5.74, 6) is 0.597. The second-order valence-electron chi connectivity index (χ2n) is 7.18. The molecule has 0 fully saturated rings.